The van der Waals surface area contributed by atoms with E-state index in [9.17, 15) is 9.59 Å². The van der Waals surface area contributed by atoms with E-state index < -0.39 is 5.91 Å². The van der Waals surface area contributed by atoms with Gasteiger partial charge in [0.15, 0.2) is 0 Å². The van der Waals surface area contributed by atoms with E-state index in [0.717, 1.165) is 32.1 Å². The summed E-state index contributed by atoms with van der Waals surface area (Å²) in [5.74, 6) is -0.860. The number of amides is 2. The van der Waals surface area contributed by atoms with Crippen LogP contribution in [0.4, 0.5) is 0 Å². The molecule has 0 aromatic carbocycles. The van der Waals surface area contributed by atoms with Gasteiger partial charge >= 0.3 is 11.8 Å². The fourth-order valence-corrected chi connectivity index (χ4v) is 2.01. The van der Waals surface area contributed by atoms with Crippen molar-refractivity contribution in [3.63, 3.8) is 0 Å². The van der Waals surface area contributed by atoms with E-state index in [1.165, 1.54) is 0 Å². The number of nitrogens with one attached hydrogen (secondary N) is 1. The Balaban J connectivity index is 2.20. The van der Waals surface area contributed by atoms with E-state index in [4.69, 9.17) is 4.74 Å². The fourth-order valence-electron chi connectivity index (χ4n) is 2.01. The fraction of sp³-hybridized carbons (Fsp3) is 0.846. The van der Waals surface area contributed by atoms with Crippen molar-refractivity contribution in [3.05, 3.63) is 0 Å². The zero-order chi connectivity index (χ0) is 13.2. The van der Waals surface area contributed by atoms with Crippen LogP contribution in [-0.2, 0) is 14.3 Å². The first-order chi connectivity index (χ1) is 8.75. The normalized spacial score (nSPS) is 16.2. The lowest BCUT2D eigenvalue weighted by molar-refractivity contribution is -0.145. The Labute approximate surface area is 109 Å². The Morgan fingerprint density at radius 1 is 1.17 bits per heavy atom. The summed E-state index contributed by atoms with van der Waals surface area (Å²) in [4.78, 5) is 25.2. The number of ether oxygens (including phenoxy) is 1. The van der Waals surface area contributed by atoms with Crippen LogP contribution >= 0.6 is 0 Å². The van der Waals surface area contributed by atoms with E-state index in [0.29, 0.717) is 32.8 Å². The minimum absolute atomic E-state index is 0.381. The van der Waals surface area contributed by atoms with Crippen LogP contribution in [0, 0.1) is 0 Å². The summed E-state index contributed by atoms with van der Waals surface area (Å²) in [6.07, 6.45) is 5.05. The summed E-state index contributed by atoms with van der Waals surface area (Å²) in [6.45, 7) is 5.16. The van der Waals surface area contributed by atoms with Gasteiger partial charge in [-0.1, -0.05) is 12.8 Å². The van der Waals surface area contributed by atoms with Crippen LogP contribution < -0.4 is 5.32 Å². The molecule has 1 fully saturated rings. The zero-order valence-corrected chi connectivity index (χ0v) is 11.2. The molecule has 0 bridgehead atoms. The summed E-state index contributed by atoms with van der Waals surface area (Å²) in [6, 6.07) is 0. The van der Waals surface area contributed by atoms with Gasteiger partial charge in [0.2, 0.25) is 0 Å². The van der Waals surface area contributed by atoms with Crippen molar-refractivity contribution in [3.8, 4) is 0 Å². The van der Waals surface area contributed by atoms with Gasteiger partial charge in [0.25, 0.3) is 0 Å². The SMILES string of the molecule is CCOCCCNC(=O)C(=O)N1CCCCCC1. The smallest absolute Gasteiger partial charge is 0.311 e. The van der Waals surface area contributed by atoms with Gasteiger partial charge in [0.1, 0.15) is 0 Å². The highest BCUT2D eigenvalue weighted by atomic mass is 16.5. The van der Waals surface area contributed by atoms with Gasteiger partial charge in [-0.05, 0) is 26.2 Å². The van der Waals surface area contributed by atoms with Gasteiger partial charge in [-0.25, -0.2) is 0 Å². The first kappa shape index (κ1) is 15.0. The quantitative estimate of drug-likeness (QED) is 0.588. The standard InChI is InChI=1S/C13H24N2O3/c1-2-18-11-7-8-14-12(16)13(17)15-9-5-3-4-6-10-15/h2-11H2,1H3,(H,14,16). The maximum Gasteiger partial charge on any atom is 0.311 e. The number of nitrogens with zero attached hydrogens (tertiary/aromatic N) is 1. The molecule has 0 spiro atoms. The van der Waals surface area contributed by atoms with Crippen LogP contribution in [-0.4, -0.2) is 49.6 Å². The summed E-state index contributed by atoms with van der Waals surface area (Å²) in [5.41, 5.74) is 0. The van der Waals surface area contributed by atoms with Crippen molar-refractivity contribution < 1.29 is 14.3 Å². The predicted octanol–water partition coefficient (Wildman–Crippen LogP) is 0.932. The third-order valence-corrected chi connectivity index (χ3v) is 3.04. The Morgan fingerprint density at radius 3 is 2.44 bits per heavy atom. The molecule has 1 saturated heterocycles. The first-order valence-corrected chi connectivity index (χ1v) is 6.90. The van der Waals surface area contributed by atoms with Crippen LogP contribution in [0.3, 0.4) is 0 Å². The Morgan fingerprint density at radius 2 is 1.83 bits per heavy atom. The zero-order valence-electron chi connectivity index (χ0n) is 11.2. The molecule has 0 saturated carbocycles. The van der Waals surface area contributed by atoms with Gasteiger partial charge in [0.05, 0.1) is 0 Å². The van der Waals surface area contributed by atoms with E-state index in [-0.39, 0.29) is 5.91 Å². The summed E-state index contributed by atoms with van der Waals surface area (Å²) >= 11 is 0. The maximum atomic E-state index is 11.9. The molecule has 0 aromatic heterocycles. The molecule has 0 unspecified atom stereocenters. The van der Waals surface area contributed by atoms with Crippen molar-refractivity contribution >= 4 is 11.8 Å². The third-order valence-electron chi connectivity index (χ3n) is 3.04. The second-order valence-corrected chi connectivity index (χ2v) is 4.51. The van der Waals surface area contributed by atoms with E-state index in [1.807, 2.05) is 6.92 Å². The maximum absolute atomic E-state index is 11.9. The monoisotopic (exact) mass is 256 g/mol. The van der Waals surface area contributed by atoms with E-state index in [2.05, 4.69) is 5.32 Å². The molecular formula is C13H24N2O3. The highest BCUT2D eigenvalue weighted by Crippen LogP contribution is 2.09. The van der Waals surface area contributed by atoms with Gasteiger partial charge in [-0.2, -0.15) is 0 Å². The molecule has 0 radical (unpaired) electrons. The van der Waals surface area contributed by atoms with Gasteiger partial charge in [-0.15, -0.1) is 0 Å². The van der Waals surface area contributed by atoms with E-state index >= 15 is 0 Å². The Hall–Kier alpha value is -1.10. The number of hydrogen-bond acceptors (Lipinski definition) is 3. The summed E-state index contributed by atoms with van der Waals surface area (Å²) < 4.78 is 5.16. The first-order valence-electron chi connectivity index (χ1n) is 6.90. The van der Waals surface area contributed by atoms with Gasteiger partial charge in [-0.3, -0.25) is 9.59 Å². The van der Waals surface area contributed by atoms with Crippen molar-refractivity contribution in [1.82, 2.24) is 10.2 Å². The van der Waals surface area contributed by atoms with Crippen molar-refractivity contribution in [2.24, 2.45) is 0 Å². The molecule has 104 valence electrons. The third kappa shape index (κ3) is 5.49. The summed E-state index contributed by atoms with van der Waals surface area (Å²) in [5, 5.41) is 2.65. The van der Waals surface area contributed by atoms with Crippen LogP contribution in [0.5, 0.6) is 0 Å². The number of likely N-dealkylation sites (tertiary alicyclic amines) is 1. The molecular weight excluding hydrogens is 232 g/mol. The number of rotatable bonds is 5. The minimum Gasteiger partial charge on any atom is -0.382 e. The molecule has 2 amide bonds. The van der Waals surface area contributed by atoms with Crippen molar-refractivity contribution in [1.29, 1.82) is 0 Å². The van der Waals surface area contributed by atoms with Crippen LogP contribution in [0.1, 0.15) is 39.0 Å². The van der Waals surface area contributed by atoms with Gasteiger partial charge < -0.3 is 15.0 Å². The predicted molar refractivity (Wildman–Crippen MR) is 69.2 cm³/mol. The lowest BCUT2D eigenvalue weighted by Gasteiger charge is -2.19. The highest BCUT2D eigenvalue weighted by molar-refractivity contribution is 6.35. The summed E-state index contributed by atoms with van der Waals surface area (Å²) in [7, 11) is 0. The van der Waals surface area contributed by atoms with Crippen LogP contribution in [0.15, 0.2) is 0 Å². The van der Waals surface area contributed by atoms with Crippen molar-refractivity contribution in [2.45, 2.75) is 39.0 Å². The van der Waals surface area contributed by atoms with Gasteiger partial charge in [0, 0.05) is 32.8 Å². The van der Waals surface area contributed by atoms with Crippen LogP contribution in [0.2, 0.25) is 0 Å². The average Bonchev–Trinajstić information content (AvgIpc) is 2.66. The highest BCUT2D eigenvalue weighted by Gasteiger charge is 2.21. The van der Waals surface area contributed by atoms with Crippen LogP contribution in [0.25, 0.3) is 0 Å². The van der Waals surface area contributed by atoms with E-state index in [1.54, 1.807) is 4.90 Å². The largest absolute Gasteiger partial charge is 0.382 e. The Kier molecular flexibility index (Phi) is 7.41. The second-order valence-electron chi connectivity index (χ2n) is 4.51. The molecule has 1 rings (SSSR count). The molecule has 1 heterocycles. The number of hydrogen-bond donors (Lipinski definition) is 1. The molecule has 1 aliphatic rings. The molecule has 5 heteroatoms. The molecule has 0 atom stereocenters. The average molecular weight is 256 g/mol. The molecule has 0 aromatic rings. The number of carbonyl (C=O) groups excluding carboxylic acids is 2. The topological polar surface area (TPSA) is 58.6 Å². The molecule has 0 aliphatic carbocycles. The Bertz CT molecular complexity index is 261. The number of carbonyl (C=O) groups is 2. The molecule has 18 heavy (non-hydrogen) atoms. The molecule has 5 nitrogen and oxygen atoms in total. The molecule has 1 aliphatic heterocycles. The minimum atomic E-state index is -0.478. The van der Waals surface area contributed by atoms with Crippen molar-refractivity contribution in [2.75, 3.05) is 32.8 Å². The lowest BCUT2D eigenvalue weighted by atomic mass is 10.2. The second kappa shape index (κ2) is 8.91. The lowest BCUT2D eigenvalue weighted by Crippen LogP contribution is -2.43. The molecule has 1 N–H and O–H groups in total.